The van der Waals surface area contributed by atoms with Crippen LogP contribution in [0.5, 0.6) is 5.75 Å². The number of hydrogen-bond acceptors (Lipinski definition) is 3. The van der Waals surface area contributed by atoms with Crippen LogP contribution in [0.4, 0.5) is 0 Å². The summed E-state index contributed by atoms with van der Waals surface area (Å²) in [6.07, 6.45) is -1.28. The van der Waals surface area contributed by atoms with Gasteiger partial charge < -0.3 is 14.6 Å². The Morgan fingerprint density at radius 1 is 1.46 bits per heavy atom. The van der Waals surface area contributed by atoms with Crippen molar-refractivity contribution in [3.8, 4) is 5.75 Å². The molecule has 1 aromatic carbocycles. The van der Waals surface area contributed by atoms with Crippen LogP contribution in [0.1, 0.15) is 13.8 Å². The van der Waals surface area contributed by atoms with Gasteiger partial charge in [0.05, 0.1) is 0 Å². The zero-order chi connectivity index (χ0) is 9.68. The molecule has 13 heavy (non-hydrogen) atoms. The highest BCUT2D eigenvalue weighted by Gasteiger charge is 2.06. The van der Waals surface area contributed by atoms with Gasteiger partial charge in [-0.25, -0.2) is 0 Å². The van der Waals surface area contributed by atoms with E-state index in [0.717, 1.165) is 0 Å². The maximum Gasteiger partial charge on any atom is 0.199 e. The number of aliphatic hydroxyl groups excluding tert-OH is 1. The third-order valence-corrected chi connectivity index (χ3v) is 1.37. The molecule has 0 heterocycles. The van der Waals surface area contributed by atoms with Crippen LogP contribution in [-0.4, -0.2) is 17.7 Å². The Labute approximate surface area is 77.9 Å². The van der Waals surface area contributed by atoms with Crippen LogP contribution in [0.15, 0.2) is 24.3 Å². The van der Waals surface area contributed by atoms with Crippen molar-refractivity contribution in [2.45, 2.75) is 26.4 Å². The quantitative estimate of drug-likeness (QED) is 0.716. The fourth-order valence-electron chi connectivity index (χ4n) is 0.947. The van der Waals surface area contributed by atoms with Crippen molar-refractivity contribution in [1.29, 1.82) is 0 Å². The van der Waals surface area contributed by atoms with Gasteiger partial charge in [0.15, 0.2) is 12.6 Å². The van der Waals surface area contributed by atoms with E-state index in [4.69, 9.17) is 14.6 Å². The molecule has 2 unspecified atom stereocenters. The van der Waals surface area contributed by atoms with Crippen molar-refractivity contribution < 1.29 is 14.6 Å². The predicted octanol–water partition coefficient (Wildman–Crippen LogP) is 1.57. The van der Waals surface area contributed by atoms with Crippen LogP contribution in [0.2, 0.25) is 0 Å². The van der Waals surface area contributed by atoms with E-state index in [1.807, 2.05) is 6.07 Å². The Morgan fingerprint density at radius 3 is 2.77 bits per heavy atom. The summed E-state index contributed by atoms with van der Waals surface area (Å²) in [5.74, 6) is 0.677. The summed E-state index contributed by atoms with van der Waals surface area (Å²) >= 11 is 0. The van der Waals surface area contributed by atoms with Crippen LogP contribution in [0, 0.1) is 6.07 Å². The fraction of sp³-hybridized carbons (Fsp3) is 0.400. The lowest BCUT2D eigenvalue weighted by Gasteiger charge is -2.16. The summed E-state index contributed by atoms with van der Waals surface area (Å²) in [6, 6.07) is 10.00. The Balaban J connectivity index is 2.41. The molecule has 1 N–H and O–H groups in total. The molecule has 3 heteroatoms. The Morgan fingerprint density at radius 2 is 2.23 bits per heavy atom. The van der Waals surface area contributed by atoms with E-state index < -0.39 is 12.6 Å². The summed E-state index contributed by atoms with van der Waals surface area (Å²) < 4.78 is 10.3. The molecular weight excluding hydrogens is 168 g/mol. The molecule has 1 radical (unpaired) electrons. The van der Waals surface area contributed by atoms with Crippen molar-refractivity contribution in [1.82, 2.24) is 0 Å². The number of ether oxygens (including phenoxy) is 2. The van der Waals surface area contributed by atoms with E-state index in [9.17, 15) is 0 Å². The molecule has 0 bridgehead atoms. The maximum atomic E-state index is 8.89. The first-order chi connectivity index (χ1) is 6.18. The first-order valence-electron chi connectivity index (χ1n) is 4.15. The minimum atomic E-state index is -0.817. The molecule has 0 amide bonds. The van der Waals surface area contributed by atoms with Crippen LogP contribution >= 0.6 is 0 Å². The Hall–Kier alpha value is -1.06. The van der Waals surface area contributed by atoms with Crippen LogP contribution < -0.4 is 4.74 Å². The predicted molar refractivity (Wildman–Crippen MR) is 48.1 cm³/mol. The molecule has 2 atom stereocenters. The lowest BCUT2D eigenvalue weighted by Crippen LogP contribution is -2.21. The van der Waals surface area contributed by atoms with Crippen molar-refractivity contribution in [3.05, 3.63) is 30.3 Å². The van der Waals surface area contributed by atoms with Gasteiger partial charge in [-0.05, 0) is 32.0 Å². The van der Waals surface area contributed by atoms with Gasteiger partial charge >= 0.3 is 0 Å². The van der Waals surface area contributed by atoms with Crippen LogP contribution in [-0.2, 0) is 4.74 Å². The highest BCUT2D eigenvalue weighted by Crippen LogP contribution is 2.11. The molecular formula is C10H13O3. The molecule has 0 aliphatic rings. The number of aliphatic hydroxyl groups is 1. The molecule has 0 aliphatic carbocycles. The number of benzene rings is 1. The molecule has 0 fully saturated rings. The smallest absolute Gasteiger partial charge is 0.199 e. The minimum absolute atomic E-state index is 0.462. The second kappa shape index (κ2) is 4.84. The molecule has 71 valence electrons. The lowest BCUT2D eigenvalue weighted by molar-refractivity contribution is -0.179. The van der Waals surface area contributed by atoms with Gasteiger partial charge in [-0.15, -0.1) is 0 Å². The summed E-state index contributed by atoms with van der Waals surface area (Å²) in [5.41, 5.74) is 0. The molecule has 3 nitrogen and oxygen atoms in total. The van der Waals surface area contributed by atoms with Gasteiger partial charge in [-0.3, -0.25) is 0 Å². The van der Waals surface area contributed by atoms with Gasteiger partial charge in [0.2, 0.25) is 0 Å². The molecule has 0 aliphatic heterocycles. The minimum Gasteiger partial charge on any atom is -0.465 e. The summed E-state index contributed by atoms with van der Waals surface area (Å²) in [6.45, 7) is 3.26. The third-order valence-electron chi connectivity index (χ3n) is 1.37. The largest absolute Gasteiger partial charge is 0.465 e. The van der Waals surface area contributed by atoms with Crippen molar-refractivity contribution in [2.75, 3.05) is 0 Å². The van der Waals surface area contributed by atoms with Gasteiger partial charge in [0.25, 0.3) is 0 Å². The standard InChI is InChI=1S/C10H13O3/c1-8(11)12-9(2)13-10-6-4-3-5-7-10/h3-4,6-9,11H,1-2H3. The van der Waals surface area contributed by atoms with E-state index in [-0.39, 0.29) is 0 Å². The van der Waals surface area contributed by atoms with E-state index in [2.05, 4.69) is 6.07 Å². The molecule has 0 spiro atoms. The van der Waals surface area contributed by atoms with E-state index in [0.29, 0.717) is 5.75 Å². The zero-order valence-electron chi connectivity index (χ0n) is 7.73. The van der Waals surface area contributed by atoms with E-state index >= 15 is 0 Å². The summed E-state index contributed by atoms with van der Waals surface area (Å²) in [4.78, 5) is 0. The van der Waals surface area contributed by atoms with Gasteiger partial charge in [0.1, 0.15) is 5.75 Å². The number of rotatable bonds is 4. The topological polar surface area (TPSA) is 38.7 Å². The van der Waals surface area contributed by atoms with Gasteiger partial charge in [-0.1, -0.05) is 12.1 Å². The van der Waals surface area contributed by atoms with Crippen LogP contribution in [0.3, 0.4) is 0 Å². The highest BCUT2D eigenvalue weighted by atomic mass is 16.7. The van der Waals surface area contributed by atoms with Crippen molar-refractivity contribution in [3.63, 3.8) is 0 Å². The van der Waals surface area contributed by atoms with Crippen LogP contribution in [0.25, 0.3) is 0 Å². The monoisotopic (exact) mass is 181 g/mol. The van der Waals surface area contributed by atoms with Gasteiger partial charge in [-0.2, -0.15) is 0 Å². The zero-order valence-corrected chi connectivity index (χ0v) is 7.73. The Kier molecular flexibility index (Phi) is 3.73. The maximum absolute atomic E-state index is 8.89. The first-order valence-corrected chi connectivity index (χ1v) is 4.15. The molecule has 1 rings (SSSR count). The third kappa shape index (κ3) is 3.92. The van der Waals surface area contributed by atoms with Gasteiger partial charge in [0, 0.05) is 0 Å². The number of hydrogen-bond donors (Lipinski definition) is 1. The SMILES string of the molecule is CC(O)OC(C)Oc1c[c]ccc1. The lowest BCUT2D eigenvalue weighted by atomic mass is 10.3. The molecule has 0 saturated carbocycles. The van der Waals surface area contributed by atoms with E-state index in [1.165, 1.54) is 6.92 Å². The average molecular weight is 181 g/mol. The van der Waals surface area contributed by atoms with Crippen molar-refractivity contribution in [2.24, 2.45) is 0 Å². The summed E-state index contributed by atoms with van der Waals surface area (Å²) in [7, 11) is 0. The highest BCUT2D eigenvalue weighted by molar-refractivity contribution is 5.20. The molecule has 0 aromatic heterocycles. The fourth-order valence-corrected chi connectivity index (χ4v) is 0.947. The van der Waals surface area contributed by atoms with Crippen molar-refractivity contribution >= 4 is 0 Å². The van der Waals surface area contributed by atoms with E-state index in [1.54, 1.807) is 25.1 Å². The second-order valence-electron chi connectivity index (χ2n) is 2.66. The second-order valence-corrected chi connectivity index (χ2v) is 2.66. The Bertz CT molecular complexity index is 233. The normalized spacial score (nSPS) is 15.0. The molecule has 0 saturated heterocycles. The summed E-state index contributed by atoms with van der Waals surface area (Å²) in [5, 5.41) is 8.89. The molecule has 1 aromatic rings. The average Bonchev–Trinajstić information content (AvgIpc) is 2.04. The first kappa shape index (κ1) is 10.0.